The normalized spacial score (nSPS) is 30.6. The predicted octanol–water partition coefficient (Wildman–Crippen LogP) is 0.905. The van der Waals surface area contributed by atoms with Gasteiger partial charge in [-0.3, -0.25) is 4.79 Å². The molecule has 1 amide bonds. The van der Waals surface area contributed by atoms with E-state index in [0.29, 0.717) is 19.8 Å². The number of carbonyl (C=O) groups excluding carboxylic acids is 1. The molecule has 2 rings (SSSR count). The lowest BCUT2D eigenvalue weighted by atomic mass is 10.0. The van der Waals surface area contributed by atoms with Crippen LogP contribution < -0.4 is 0 Å². The minimum atomic E-state index is -2.53. The van der Waals surface area contributed by atoms with Crippen LogP contribution in [-0.4, -0.2) is 56.2 Å². The molecule has 98 valence electrons. The van der Waals surface area contributed by atoms with Gasteiger partial charge in [0.2, 0.25) is 5.91 Å². The highest BCUT2D eigenvalue weighted by Crippen LogP contribution is 2.19. The Bertz CT molecular complexity index is 269. The van der Waals surface area contributed by atoms with Crippen molar-refractivity contribution in [2.45, 2.75) is 25.4 Å². The number of amides is 1. The van der Waals surface area contributed by atoms with E-state index in [0.717, 1.165) is 12.8 Å². The van der Waals surface area contributed by atoms with Gasteiger partial charge in [0.15, 0.2) is 0 Å². The van der Waals surface area contributed by atoms with Crippen molar-refractivity contribution in [2.24, 2.45) is 5.92 Å². The average molecular weight is 249 g/mol. The van der Waals surface area contributed by atoms with E-state index in [1.807, 2.05) is 0 Å². The van der Waals surface area contributed by atoms with Crippen LogP contribution in [-0.2, 0) is 14.3 Å². The number of alkyl halides is 2. The molecule has 0 aliphatic carbocycles. The molecule has 0 bridgehead atoms. The second-order valence-electron chi connectivity index (χ2n) is 4.44. The van der Waals surface area contributed by atoms with Gasteiger partial charge in [-0.2, -0.15) is 0 Å². The van der Waals surface area contributed by atoms with Crippen molar-refractivity contribution in [3.05, 3.63) is 0 Å². The molecule has 0 unspecified atom stereocenters. The number of carbonyl (C=O) groups is 1. The molecule has 2 heterocycles. The van der Waals surface area contributed by atoms with E-state index >= 15 is 0 Å². The number of ether oxygens (including phenoxy) is 2. The molecule has 2 atom stereocenters. The average Bonchev–Trinajstić information content (AvgIpc) is 2.39. The van der Waals surface area contributed by atoms with Crippen LogP contribution in [0.25, 0.3) is 0 Å². The van der Waals surface area contributed by atoms with Gasteiger partial charge in [0, 0.05) is 13.2 Å². The Morgan fingerprint density at radius 3 is 2.82 bits per heavy atom. The molecule has 2 aliphatic heterocycles. The highest BCUT2D eigenvalue weighted by atomic mass is 19.3. The summed E-state index contributed by atoms with van der Waals surface area (Å²) in [7, 11) is 0. The maximum Gasteiger partial charge on any atom is 0.266 e. The lowest BCUT2D eigenvalue weighted by Crippen LogP contribution is -2.50. The largest absolute Gasteiger partial charge is 0.381 e. The summed E-state index contributed by atoms with van der Waals surface area (Å²) >= 11 is 0. The fourth-order valence-electron chi connectivity index (χ4n) is 2.22. The van der Waals surface area contributed by atoms with E-state index in [2.05, 4.69) is 0 Å². The molecule has 0 aromatic heterocycles. The minimum Gasteiger partial charge on any atom is -0.381 e. The van der Waals surface area contributed by atoms with Crippen LogP contribution in [0.4, 0.5) is 8.78 Å². The van der Waals surface area contributed by atoms with Gasteiger partial charge in [-0.1, -0.05) is 0 Å². The zero-order valence-electron chi connectivity index (χ0n) is 9.61. The molecule has 0 saturated carbocycles. The highest BCUT2D eigenvalue weighted by Gasteiger charge is 2.33. The van der Waals surface area contributed by atoms with Crippen LogP contribution in [0, 0.1) is 5.92 Å². The lowest BCUT2D eigenvalue weighted by Gasteiger charge is -2.35. The van der Waals surface area contributed by atoms with Crippen molar-refractivity contribution in [1.82, 2.24) is 4.90 Å². The Labute approximate surface area is 98.9 Å². The van der Waals surface area contributed by atoms with Gasteiger partial charge < -0.3 is 14.4 Å². The van der Waals surface area contributed by atoms with Crippen LogP contribution >= 0.6 is 0 Å². The van der Waals surface area contributed by atoms with Gasteiger partial charge in [0.1, 0.15) is 6.10 Å². The molecular formula is C11H17F2NO3. The van der Waals surface area contributed by atoms with Crippen molar-refractivity contribution < 1.29 is 23.0 Å². The van der Waals surface area contributed by atoms with Crippen LogP contribution in [0.2, 0.25) is 0 Å². The molecule has 0 spiro atoms. The fourth-order valence-corrected chi connectivity index (χ4v) is 2.22. The number of rotatable bonds is 2. The van der Waals surface area contributed by atoms with Crippen molar-refractivity contribution in [1.29, 1.82) is 0 Å². The molecule has 17 heavy (non-hydrogen) atoms. The second kappa shape index (κ2) is 5.73. The summed E-state index contributed by atoms with van der Waals surface area (Å²) < 4.78 is 35.2. The zero-order chi connectivity index (χ0) is 12.3. The monoisotopic (exact) mass is 249 g/mol. The van der Waals surface area contributed by atoms with E-state index in [4.69, 9.17) is 9.47 Å². The van der Waals surface area contributed by atoms with Crippen LogP contribution in [0.5, 0.6) is 0 Å². The molecular weight excluding hydrogens is 232 g/mol. The summed E-state index contributed by atoms with van der Waals surface area (Å²) in [5.74, 6) is -0.237. The SMILES string of the molecule is O=C([C@@H]1CCCOC1)N1CCO[C@@H](C(F)F)C1. The highest BCUT2D eigenvalue weighted by molar-refractivity contribution is 5.79. The predicted molar refractivity (Wildman–Crippen MR) is 55.9 cm³/mol. The Kier molecular flexibility index (Phi) is 4.28. The van der Waals surface area contributed by atoms with Crippen LogP contribution in [0.3, 0.4) is 0 Å². The number of hydrogen-bond acceptors (Lipinski definition) is 3. The lowest BCUT2D eigenvalue weighted by molar-refractivity contribution is -0.154. The van der Waals surface area contributed by atoms with Crippen molar-refractivity contribution in [3.63, 3.8) is 0 Å². The molecule has 2 fully saturated rings. The molecule has 0 N–H and O–H groups in total. The first-order valence-electron chi connectivity index (χ1n) is 5.95. The summed E-state index contributed by atoms with van der Waals surface area (Å²) in [6.45, 7) is 1.68. The van der Waals surface area contributed by atoms with Gasteiger partial charge in [0.25, 0.3) is 6.43 Å². The first-order chi connectivity index (χ1) is 8.18. The molecule has 4 nitrogen and oxygen atoms in total. The fraction of sp³-hybridized carbons (Fsp3) is 0.909. The molecule has 0 aromatic carbocycles. The third kappa shape index (κ3) is 3.13. The number of hydrogen-bond donors (Lipinski definition) is 0. The van der Waals surface area contributed by atoms with E-state index < -0.39 is 12.5 Å². The molecule has 0 aromatic rings. The maximum absolute atomic E-state index is 12.5. The van der Waals surface area contributed by atoms with Gasteiger partial charge in [-0.05, 0) is 12.8 Å². The third-order valence-corrected chi connectivity index (χ3v) is 3.20. The summed E-state index contributed by atoms with van der Waals surface area (Å²) in [6.07, 6.45) is -2.03. The van der Waals surface area contributed by atoms with E-state index in [1.165, 1.54) is 4.90 Å². The quantitative estimate of drug-likeness (QED) is 0.730. The Hall–Kier alpha value is -0.750. The number of morpholine rings is 1. The minimum absolute atomic E-state index is 0.00694. The van der Waals surface area contributed by atoms with Crippen LogP contribution in [0.15, 0.2) is 0 Å². The molecule has 6 heteroatoms. The van der Waals surface area contributed by atoms with Crippen molar-refractivity contribution in [2.75, 3.05) is 32.9 Å². The Morgan fingerprint density at radius 2 is 2.18 bits per heavy atom. The van der Waals surface area contributed by atoms with Gasteiger partial charge in [-0.15, -0.1) is 0 Å². The molecule has 0 radical (unpaired) electrons. The van der Waals surface area contributed by atoms with Crippen LogP contribution in [0.1, 0.15) is 12.8 Å². The Balaban J connectivity index is 1.89. The van der Waals surface area contributed by atoms with Crippen molar-refractivity contribution >= 4 is 5.91 Å². The summed E-state index contributed by atoms with van der Waals surface area (Å²) in [5, 5.41) is 0. The number of nitrogens with zero attached hydrogens (tertiary/aromatic N) is 1. The third-order valence-electron chi connectivity index (χ3n) is 3.20. The first kappa shape index (κ1) is 12.7. The smallest absolute Gasteiger partial charge is 0.266 e. The van der Waals surface area contributed by atoms with E-state index in [-0.39, 0.29) is 25.0 Å². The van der Waals surface area contributed by atoms with Gasteiger partial charge in [0.05, 0.1) is 25.7 Å². The number of halogens is 2. The maximum atomic E-state index is 12.5. The van der Waals surface area contributed by atoms with E-state index in [9.17, 15) is 13.6 Å². The molecule has 2 aliphatic rings. The summed E-state index contributed by atoms with van der Waals surface area (Å²) in [5.41, 5.74) is 0. The summed E-state index contributed by atoms with van der Waals surface area (Å²) in [4.78, 5) is 13.6. The zero-order valence-corrected chi connectivity index (χ0v) is 9.61. The van der Waals surface area contributed by atoms with Crippen molar-refractivity contribution in [3.8, 4) is 0 Å². The molecule has 2 saturated heterocycles. The Morgan fingerprint density at radius 1 is 1.35 bits per heavy atom. The second-order valence-corrected chi connectivity index (χ2v) is 4.44. The van der Waals surface area contributed by atoms with E-state index in [1.54, 1.807) is 0 Å². The van der Waals surface area contributed by atoms with Gasteiger partial charge in [-0.25, -0.2) is 8.78 Å². The summed E-state index contributed by atoms with van der Waals surface area (Å²) in [6, 6.07) is 0. The first-order valence-corrected chi connectivity index (χ1v) is 5.95. The topological polar surface area (TPSA) is 38.8 Å². The van der Waals surface area contributed by atoms with Gasteiger partial charge >= 0.3 is 0 Å². The standard InChI is InChI=1S/C11H17F2NO3/c12-10(13)9-6-14(3-5-17-9)11(15)8-2-1-4-16-7-8/h8-10H,1-7H2/t8-,9-/m1/s1.